The Labute approximate surface area is 150 Å². The van der Waals surface area contributed by atoms with Gasteiger partial charge in [0.05, 0.1) is 0 Å². The van der Waals surface area contributed by atoms with E-state index in [0.717, 1.165) is 11.8 Å². The summed E-state index contributed by atoms with van der Waals surface area (Å²) >= 11 is 0. The summed E-state index contributed by atoms with van der Waals surface area (Å²) in [5.74, 6) is -1.89. The Kier molecular flexibility index (Phi) is 5.63. The van der Waals surface area contributed by atoms with Crippen molar-refractivity contribution in [2.24, 2.45) is 0 Å². The molecular weight excluding hydrogens is 342 g/mol. The standard InChI is InChI=1S/C18H22F2N4O2/c1-12-8-17(22-21-12)18(26)24-6-5-23(14(11-24)4-7-25)10-13-2-3-15(19)16(20)9-13/h2-3,8-9,14,25H,4-7,10-11H2,1H3,(H,21,22)/t14-/m1/s1. The van der Waals surface area contributed by atoms with Crippen molar-refractivity contribution in [1.29, 1.82) is 0 Å². The third-order valence-electron chi connectivity index (χ3n) is 4.65. The van der Waals surface area contributed by atoms with Gasteiger partial charge >= 0.3 is 0 Å². The third kappa shape index (κ3) is 4.08. The zero-order chi connectivity index (χ0) is 18.7. The Balaban J connectivity index is 1.69. The van der Waals surface area contributed by atoms with Crippen LogP contribution in [0.4, 0.5) is 8.78 Å². The Morgan fingerprint density at radius 1 is 1.31 bits per heavy atom. The molecule has 0 unspecified atom stereocenters. The molecule has 1 saturated heterocycles. The van der Waals surface area contributed by atoms with Crippen LogP contribution < -0.4 is 0 Å². The number of halogens is 2. The fourth-order valence-corrected chi connectivity index (χ4v) is 3.27. The van der Waals surface area contributed by atoms with Gasteiger partial charge in [0.2, 0.25) is 0 Å². The van der Waals surface area contributed by atoms with Crippen LogP contribution in [-0.2, 0) is 6.54 Å². The van der Waals surface area contributed by atoms with Gasteiger partial charge in [0.25, 0.3) is 5.91 Å². The topological polar surface area (TPSA) is 72.5 Å². The lowest BCUT2D eigenvalue weighted by Crippen LogP contribution is -2.54. The predicted molar refractivity (Wildman–Crippen MR) is 91.5 cm³/mol. The Morgan fingerprint density at radius 3 is 2.77 bits per heavy atom. The molecule has 1 atom stereocenters. The van der Waals surface area contributed by atoms with Crippen molar-refractivity contribution in [3.63, 3.8) is 0 Å². The van der Waals surface area contributed by atoms with E-state index >= 15 is 0 Å². The zero-order valence-electron chi connectivity index (χ0n) is 14.6. The molecule has 1 aliphatic rings. The molecule has 26 heavy (non-hydrogen) atoms. The minimum Gasteiger partial charge on any atom is -0.396 e. The van der Waals surface area contributed by atoms with E-state index in [1.54, 1.807) is 17.0 Å². The number of amides is 1. The number of nitrogens with zero attached hydrogens (tertiary/aromatic N) is 3. The molecule has 0 spiro atoms. The van der Waals surface area contributed by atoms with Gasteiger partial charge in [-0.1, -0.05) is 6.07 Å². The van der Waals surface area contributed by atoms with Crippen molar-refractivity contribution in [2.75, 3.05) is 26.2 Å². The first-order valence-corrected chi connectivity index (χ1v) is 8.58. The van der Waals surface area contributed by atoms with Crippen LogP contribution >= 0.6 is 0 Å². The SMILES string of the molecule is Cc1cc(C(=O)N2CCN(Cc3ccc(F)c(F)c3)[C@H](CCO)C2)n[nH]1. The highest BCUT2D eigenvalue weighted by Crippen LogP contribution is 2.19. The summed E-state index contributed by atoms with van der Waals surface area (Å²) in [5.41, 5.74) is 1.85. The van der Waals surface area contributed by atoms with Crippen LogP contribution in [0.5, 0.6) is 0 Å². The average Bonchev–Trinajstić information content (AvgIpc) is 3.05. The lowest BCUT2D eigenvalue weighted by molar-refractivity contribution is 0.0390. The maximum atomic E-state index is 13.4. The molecule has 0 bridgehead atoms. The van der Waals surface area contributed by atoms with E-state index in [1.807, 2.05) is 6.92 Å². The van der Waals surface area contributed by atoms with Crippen molar-refractivity contribution >= 4 is 5.91 Å². The van der Waals surface area contributed by atoms with Gasteiger partial charge in [-0.2, -0.15) is 5.10 Å². The second kappa shape index (κ2) is 7.92. The number of rotatable bonds is 5. The molecule has 0 radical (unpaired) electrons. The summed E-state index contributed by atoms with van der Waals surface area (Å²) in [5, 5.41) is 16.1. The van der Waals surface area contributed by atoms with E-state index in [9.17, 15) is 18.7 Å². The second-order valence-electron chi connectivity index (χ2n) is 6.57. The maximum absolute atomic E-state index is 13.4. The number of H-pyrrole nitrogens is 1. The third-order valence-corrected chi connectivity index (χ3v) is 4.65. The van der Waals surface area contributed by atoms with Gasteiger partial charge in [0.15, 0.2) is 11.6 Å². The number of aryl methyl sites for hydroxylation is 1. The van der Waals surface area contributed by atoms with Crippen LogP contribution in [0.25, 0.3) is 0 Å². The van der Waals surface area contributed by atoms with Gasteiger partial charge in [0, 0.05) is 44.5 Å². The van der Waals surface area contributed by atoms with Gasteiger partial charge in [-0.15, -0.1) is 0 Å². The summed E-state index contributed by atoms with van der Waals surface area (Å²) in [7, 11) is 0. The first kappa shape index (κ1) is 18.5. The molecule has 1 amide bonds. The summed E-state index contributed by atoms with van der Waals surface area (Å²) < 4.78 is 26.5. The largest absolute Gasteiger partial charge is 0.396 e. The molecule has 140 valence electrons. The lowest BCUT2D eigenvalue weighted by atomic mass is 10.1. The number of benzene rings is 1. The van der Waals surface area contributed by atoms with Crippen LogP contribution in [0.15, 0.2) is 24.3 Å². The highest BCUT2D eigenvalue weighted by atomic mass is 19.2. The van der Waals surface area contributed by atoms with Crippen molar-refractivity contribution in [3.05, 3.63) is 52.9 Å². The van der Waals surface area contributed by atoms with Gasteiger partial charge in [-0.05, 0) is 37.1 Å². The number of hydrogen-bond acceptors (Lipinski definition) is 4. The van der Waals surface area contributed by atoms with Crippen molar-refractivity contribution in [2.45, 2.75) is 25.9 Å². The van der Waals surface area contributed by atoms with Crippen molar-refractivity contribution < 1.29 is 18.7 Å². The minimum atomic E-state index is -0.871. The molecule has 1 aliphatic heterocycles. The van der Waals surface area contributed by atoms with Crippen LogP contribution in [0.3, 0.4) is 0 Å². The lowest BCUT2D eigenvalue weighted by Gasteiger charge is -2.41. The zero-order valence-corrected chi connectivity index (χ0v) is 14.6. The Morgan fingerprint density at radius 2 is 2.12 bits per heavy atom. The highest BCUT2D eigenvalue weighted by Gasteiger charge is 2.30. The molecule has 2 N–H and O–H groups in total. The molecule has 1 aromatic heterocycles. The molecule has 1 aromatic carbocycles. The van der Waals surface area contributed by atoms with Gasteiger partial charge in [0.1, 0.15) is 5.69 Å². The molecular formula is C18H22F2N4O2. The molecule has 1 fully saturated rings. The molecule has 2 heterocycles. The Hall–Kier alpha value is -2.32. The monoisotopic (exact) mass is 364 g/mol. The fourth-order valence-electron chi connectivity index (χ4n) is 3.27. The quantitative estimate of drug-likeness (QED) is 0.847. The average molecular weight is 364 g/mol. The molecule has 8 heteroatoms. The van der Waals surface area contributed by atoms with E-state index in [0.29, 0.717) is 43.9 Å². The molecule has 0 aliphatic carbocycles. The first-order chi connectivity index (χ1) is 12.5. The van der Waals surface area contributed by atoms with E-state index in [-0.39, 0.29) is 18.6 Å². The van der Waals surface area contributed by atoms with Crippen molar-refractivity contribution in [3.8, 4) is 0 Å². The number of carbonyl (C=O) groups is 1. The summed E-state index contributed by atoms with van der Waals surface area (Å²) in [6.45, 7) is 3.80. The number of aromatic nitrogens is 2. The Bertz CT molecular complexity index is 780. The molecule has 0 saturated carbocycles. The van der Waals surface area contributed by atoms with E-state index in [2.05, 4.69) is 15.1 Å². The number of aliphatic hydroxyl groups is 1. The van der Waals surface area contributed by atoms with Crippen LogP contribution in [-0.4, -0.2) is 63.3 Å². The normalized spacial score (nSPS) is 18.3. The minimum absolute atomic E-state index is 0.0114. The van der Waals surface area contributed by atoms with E-state index < -0.39 is 11.6 Å². The van der Waals surface area contributed by atoms with Gasteiger partial charge in [-0.25, -0.2) is 8.78 Å². The van der Waals surface area contributed by atoms with Crippen LogP contribution in [0, 0.1) is 18.6 Å². The van der Waals surface area contributed by atoms with Gasteiger partial charge in [-0.3, -0.25) is 14.8 Å². The maximum Gasteiger partial charge on any atom is 0.274 e. The molecule has 2 aromatic rings. The van der Waals surface area contributed by atoms with Crippen molar-refractivity contribution in [1.82, 2.24) is 20.0 Å². The van der Waals surface area contributed by atoms with Crippen LogP contribution in [0.1, 0.15) is 28.2 Å². The van der Waals surface area contributed by atoms with Crippen LogP contribution in [0.2, 0.25) is 0 Å². The van der Waals surface area contributed by atoms with E-state index in [1.165, 1.54) is 6.07 Å². The summed E-state index contributed by atoms with van der Waals surface area (Å²) in [6.07, 6.45) is 0.493. The van der Waals surface area contributed by atoms with E-state index in [4.69, 9.17) is 0 Å². The number of carbonyl (C=O) groups excluding carboxylic acids is 1. The number of hydrogen-bond donors (Lipinski definition) is 2. The number of nitrogens with one attached hydrogen (secondary N) is 1. The first-order valence-electron chi connectivity index (χ1n) is 8.58. The predicted octanol–water partition coefficient (Wildman–Crippen LogP) is 1.71. The second-order valence-corrected chi connectivity index (χ2v) is 6.57. The molecule has 3 rings (SSSR count). The number of aliphatic hydroxyl groups excluding tert-OH is 1. The van der Waals surface area contributed by atoms with Gasteiger partial charge < -0.3 is 10.0 Å². The number of piperazine rings is 1. The smallest absolute Gasteiger partial charge is 0.274 e. The summed E-state index contributed by atoms with van der Waals surface area (Å²) in [4.78, 5) is 16.4. The molecule has 6 nitrogen and oxygen atoms in total. The fraction of sp³-hybridized carbons (Fsp3) is 0.444. The highest BCUT2D eigenvalue weighted by molar-refractivity contribution is 5.92. The number of aromatic amines is 1. The summed E-state index contributed by atoms with van der Waals surface area (Å²) in [6, 6.07) is 5.50.